The molecule has 110 valence electrons. The van der Waals surface area contributed by atoms with E-state index < -0.39 is 5.97 Å². The van der Waals surface area contributed by atoms with Crippen LogP contribution in [0.4, 0.5) is 17.2 Å². The van der Waals surface area contributed by atoms with Crippen LogP contribution in [0.15, 0.2) is 40.8 Å². The van der Waals surface area contributed by atoms with Crippen molar-refractivity contribution < 1.29 is 9.53 Å². The summed E-state index contributed by atoms with van der Waals surface area (Å²) in [6.45, 7) is 2.03. The van der Waals surface area contributed by atoms with Gasteiger partial charge >= 0.3 is 5.97 Å². The number of aromatic nitrogens is 2. The number of azo groups is 1. The van der Waals surface area contributed by atoms with E-state index in [-0.39, 0.29) is 11.5 Å². The van der Waals surface area contributed by atoms with Crippen LogP contribution in [0.1, 0.15) is 17.4 Å². The van der Waals surface area contributed by atoms with Crippen molar-refractivity contribution in [2.24, 2.45) is 10.2 Å². The Balaban J connectivity index is 2.14. The lowest BCUT2D eigenvalue weighted by Gasteiger charge is -2.11. The number of carbonyl (C=O) groups excluding carboxylic acids is 1. The van der Waals surface area contributed by atoms with Crippen molar-refractivity contribution in [1.82, 2.24) is 9.97 Å². The molecule has 0 unspecified atom stereocenters. The van der Waals surface area contributed by atoms with Gasteiger partial charge in [0.1, 0.15) is 0 Å². The molecular formula is C14H17N5O2. The Labute approximate surface area is 122 Å². The molecule has 0 aliphatic carbocycles. The summed E-state index contributed by atoms with van der Waals surface area (Å²) in [6, 6.07) is 7.56. The van der Waals surface area contributed by atoms with Gasteiger partial charge in [-0.15, -0.1) is 10.2 Å². The molecule has 1 N–H and O–H groups in total. The molecule has 21 heavy (non-hydrogen) atoms. The second kappa shape index (κ2) is 6.65. The Bertz CT molecular complexity index is 631. The zero-order chi connectivity index (χ0) is 15.2. The molecule has 0 saturated heterocycles. The molecule has 7 heteroatoms. The number of aromatic amines is 1. The van der Waals surface area contributed by atoms with E-state index in [4.69, 9.17) is 4.74 Å². The van der Waals surface area contributed by atoms with Crippen molar-refractivity contribution in [2.75, 3.05) is 25.6 Å². The Morgan fingerprint density at radius 2 is 2.00 bits per heavy atom. The average Bonchev–Trinajstić information content (AvgIpc) is 2.94. The highest BCUT2D eigenvalue weighted by molar-refractivity contribution is 5.91. The molecule has 2 rings (SSSR count). The van der Waals surface area contributed by atoms with Crippen LogP contribution >= 0.6 is 0 Å². The highest BCUT2D eigenvalue weighted by Crippen LogP contribution is 2.22. The Morgan fingerprint density at radius 3 is 2.62 bits per heavy atom. The van der Waals surface area contributed by atoms with Gasteiger partial charge in [0.15, 0.2) is 5.69 Å². The van der Waals surface area contributed by atoms with Crippen LogP contribution in [0.2, 0.25) is 0 Å². The molecule has 0 saturated carbocycles. The zero-order valence-electron chi connectivity index (χ0n) is 12.2. The molecule has 0 bridgehead atoms. The normalized spacial score (nSPS) is 10.8. The summed E-state index contributed by atoms with van der Waals surface area (Å²) in [5.74, 6) is -0.281. The number of rotatable bonds is 5. The number of carbonyl (C=O) groups is 1. The minimum atomic E-state index is -0.494. The predicted octanol–water partition coefficient (Wildman–Crippen LogP) is 3.07. The van der Waals surface area contributed by atoms with Gasteiger partial charge in [0.05, 0.1) is 18.6 Å². The van der Waals surface area contributed by atoms with E-state index in [1.165, 1.54) is 6.33 Å². The number of hydrogen-bond acceptors (Lipinski definition) is 6. The average molecular weight is 287 g/mol. The first-order valence-corrected chi connectivity index (χ1v) is 6.51. The van der Waals surface area contributed by atoms with Crippen LogP contribution in [0.5, 0.6) is 0 Å². The predicted molar refractivity (Wildman–Crippen MR) is 79.5 cm³/mol. The summed E-state index contributed by atoms with van der Waals surface area (Å²) < 4.78 is 4.90. The lowest BCUT2D eigenvalue weighted by atomic mass is 10.3. The van der Waals surface area contributed by atoms with Gasteiger partial charge in [0, 0.05) is 19.8 Å². The number of anilines is 1. The molecule has 0 aliphatic rings. The molecule has 0 fully saturated rings. The summed E-state index contributed by atoms with van der Waals surface area (Å²) in [5, 5.41) is 8.05. The number of imidazole rings is 1. The topological polar surface area (TPSA) is 82.9 Å². The molecule has 0 spiro atoms. The molecular weight excluding hydrogens is 270 g/mol. The van der Waals surface area contributed by atoms with E-state index in [2.05, 4.69) is 20.2 Å². The van der Waals surface area contributed by atoms with Gasteiger partial charge in [-0.2, -0.15) is 0 Å². The molecule has 0 aliphatic heterocycles. The Kier molecular flexibility index (Phi) is 4.65. The summed E-state index contributed by atoms with van der Waals surface area (Å²) in [4.78, 5) is 20.3. The number of H-pyrrole nitrogens is 1. The first kappa shape index (κ1) is 14.7. The van der Waals surface area contributed by atoms with Crippen molar-refractivity contribution in [3.05, 3.63) is 36.3 Å². The lowest BCUT2D eigenvalue weighted by molar-refractivity contribution is 0.0521. The summed E-state index contributed by atoms with van der Waals surface area (Å²) in [5.41, 5.74) is 1.95. The Morgan fingerprint density at radius 1 is 1.29 bits per heavy atom. The zero-order valence-corrected chi connectivity index (χ0v) is 12.2. The van der Waals surface area contributed by atoms with Gasteiger partial charge in [-0.05, 0) is 31.2 Å². The largest absolute Gasteiger partial charge is 0.461 e. The van der Waals surface area contributed by atoms with Crippen molar-refractivity contribution in [3.63, 3.8) is 0 Å². The first-order chi connectivity index (χ1) is 10.1. The van der Waals surface area contributed by atoms with Gasteiger partial charge in [-0.25, -0.2) is 9.78 Å². The molecule has 0 amide bonds. The number of nitrogens with one attached hydrogen (secondary N) is 1. The summed E-state index contributed by atoms with van der Waals surface area (Å²) in [7, 11) is 3.93. The van der Waals surface area contributed by atoms with Gasteiger partial charge in [-0.1, -0.05) is 0 Å². The molecule has 7 nitrogen and oxygen atoms in total. The molecule has 1 heterocycles. The summed E-state index contributed by atoms with van der Waals surface area (Å²) in [6.07, 6.45) is 1.38. The third-order valence-corrected chi connectivity index (χ3v) is 2.73. The standard InChI is InChI=1S/C14H17N5O2/c1-4-21-14(20)12-13(16-9-15-12)18-17-10-5-7-11(8-6-10)19(2)3/h5-9H,4H2,1-3H3,(H,15,16). The maximum absolute atomic E-state index is 11.7. The molecule has 0 radical (unpaired) electrons. The highest BCUT2D eigenvalue weighted by Gasteiger charge is 2.14. The van der Waals surface area contributed by atoms with Crippen LogP contribution in [-0.2, 0) is 4.74 Å². The Hall–Kier alpha value is -2.70. The van der Waals surface area contributed by atoms with E-state index >= 15 is 0 Å². The van der Waals surface area contributed by atoms with Crippen molar-refractivity contribution in [2.45, 2.75) is 6.92 Å². The monoisotopic (exact) mass is 287 g/mol. The van der Waals surface area contributed by atoms with E-state index in [0.717, 1.165) is 5.69 Å². The molecule has 1 aromatic heterocycles. The third-order valence-electron chi connectivity index (χ3n) is 2.73. The number of benzene rings is 1. The lowest BCUT2D eigenvalue weighted by Crippen LogP contribution is -2.07. The smallest absolute Gasteiger partial charge is 0.358 e. The minimum Gasteiger partial charge on any atom is -0.461 e. The van der Waals surface area contributed by atoms with Gasteiger partial charge < -0.3 is 14.6 Å². The maximum atomic E-state index is 11.7. The van der Waals surface area contributed by atoms with Crippen molar-refractivity contribution in [1.29, 1.82) is 0 Å². The van der Waals surface area contributed by atoms with Gasteiger partial charge in [0.25, 0.3) is 0 Å². The maximum Gasteiger partial charge on any atom is 0.358 e. The third kappa shape index (κ3) is 3.65. The summed E-state index contributed by atoms with van der Waals surface area (Å²) >= 11 is 0. The molecule has 2 aromatic rings. The van der Waals surface area contributed by atoms with E-state index in [1.54, 1.807) is 6.92 Å². The first-order valence-electron chi connectivity index (χ1n) is 6.51. The second-order valence-electron chi connectivity index (χ2n) is 4.43. The number of hydrogen-bond donors (Lipinski definition) is 1. The van der Waals surface area contributed by atoms with Crippen LogP contribution in [-0.4, -0.2) is 36.6 Å². The van der Waals surface area contributed by atoms with E-state index in [9.17, 15) is 4.79 Å². The molecule has 0 atom stereocenters. The second-order valence-corrected chi connectivity index (χ2v) is 4.43. The van der Waals surface area contributed by atoms with E-state index in [0.29, 0.717) is 12.3 Å². The SMILES string of the molecule is CCOC(=O)c1[nH]cnc1N=Nc1ccc(N(C)C)cc1. The fraction of sp³-hybridized carbons (Fsp3) is 0.286. The van der Waals surface area contributed by atoms with Gasteiger partial charge in [-0.3, -0.25) is 0 Å². The van der Waals surface area contributed by atoms with Crippen LogP contribution in [0.25, 0.3) is 0 Å². The highest BCUT2D eigenvalue weighted by atomic mass is 16.5. The van der Waals surface area contributed by atoms with Crippen LogP contribution in [0, 0.1) is 0 Å². The van der Waals surface area contributed by atoms with Crippen molar-refractivity contribution in [3.8, 4) is 0 Å². The van der Waals surface area contributed by atoms with E-state index in [1.807, 2.05) is 43.3 Å². The molecule has 1 aromatic carbocycles. The van der Waals surface area contributed by atoms with Crippen LogP contribution < -0.4 is 4.90 Å². The number of ether oxygens (including phenoxy) is 1. The van der Waals surface area contributed by atoms with Crippen LogP contribution in [0.3, 0.4) is 0 Å². The van der Waals surface area contributed by atoms with Crippen molar-refractivity contribution >= 4 is 23.2 Å². The van der Waals surface area contributed by atoms with Gasteiger partial charge in [0.2, 0.25) is 5.82 Å². The minimum absolute atomic E-state index is 0.200. The number of esters is 1. The fourth-order valence-corrected chi connectivity index (χ4v) is 1.64. The fourth-order valence-electron chi connectivity index (χ4n) is 1.64. The number of nitrogens with zero attached hydrogens (tertiary/aromatic N) is 4. The quantitative estimate of drug-likeness (QED) is 0.676.